The normalized spacial score (nSPS) is 12.5. The molecule has 0 aliphatic heterocycles. The van der Waals surface area contributed by atoms with E-state index >= 15 is 0 Å². The number of hydrogen-bond donors (Lipinski definition) is 1. The topological polar surface area (TPSA) is 38.9 Å². The Kier molecular flexibility index (Phi) is 3.32. The van der Waals surface area contributed by atoms with Crippen LogP contribution in [-0.4, -0.2) is 4.98 Å². The quantitative estimate of drug-likeness (QED) is 0.775. The number of halogens is 1. The molecule has 1 aromatic heterocycles. The van der Waals surface area contributed by atoms with Gasteiger partial charge in [0, 0.05) is 16.9 Å². The molecule has 0 bridgehead atoms. The van der Waals surface area contributed by atoms with Crippen LogP contribution in [0.4, 0.5) is 0 Å². The van der Waals surface area contributed by atoms with E-state index in [0.29, 0.717) is 0 Å². The molecule has 19 heavy (non-hydrogen) atoms. The van der Waals surface area contributed by atoms with E-state index in [9.17, 15) is 0 Å². The second-order valence-electron chi connectivity index (χ2n) is 4.48. The minimum absolute atomic E-state index is 0.170. The van der Waals surface area contributed by atoms with Gasteiger partial charge in [-0.25, -0.2) is 0 Å². The molecule has 94 valence electrons. The van der Waals surface area contributed by atoms with Gasteiger partial charge in [0.15, 0.2) is 0 Å². The lowest BCUT2D eigenvalue weighted by Crippen LogP contribution is -2.12. The Morgan fingerprint density at radius 3 is 2.63 bits per heavy atom. The Labute approximate surface area is 120 Å². The Morgan fingerprint density at radius 2 is 1.79 bits per heavy atom. The van der Waals surface area contributed by atoms with Crippen LogP contribution >= 0.6 is 15.9 Å². The molecule has 0 radical (unpaired) electrons. The van der Waals surface area contributed by atoms with Crippen LogP contribution in [0.1, 0.15) is 17.2 Å². The minimum Gasteiger partial charge on any atom is -0.320 e. The molecule has 0 fully saturated rings. The third kappa shape index (κ3) is 2.39. The lowest BCUT2D eigenvalue weighted by molar-refractivity contribution is 0.870. The predicted molar refractivity (Wildman–Crippen MR) is 81.9 cm³/mol. The highest BCUT2D eigenvalue weighted by atomic mass is 79.9. The molecular weight excluding hydrogens is 300 g/mol. The second-order valence-corrected chi connectivity index (χ2v) is 5.40. The molecule has 1 heterocycles. The summed E-state index contributed by atoms with van der Waals surface area (Å²) >= 11 is 3.43. The number of hydrogen-bond acceptors (Lipinski definition) is 2. The van der Waals surface area contributed by atoms with Crippen LogP contribution in [0.15, 0.2) is 65.4 Å². The maximum Gasteiger partial charge on any atom is 0.0573 e. The molecule has 0 spiro atoms. The van der Waals surface area contributed by atoms with Gasteiger partial charge in [0.2, 0.25) is 0 Å². The van der Waals surface area contributed by atoms with Crippen LogP contribution in [0.2, 0.25) is 0 Å². The first-order valence-electron chi connectivity index (χ1n) is 6.09. The van der Waals surface area contributed by atoms with Gasteiger partial charge in [-0.2, -0.15) is 0 Å². The Balaban J connectivity index is 2.14. The van der Waals surface area contributed by atoms with Crippen molar-refractivity contribution in [2.45, 2.75) is 6.04 Å². The van der Waals surface area contributed by atoms with Crippen molar-refractivity contribution in [2.75, 3.05) is 0 Å². The van der Waals surface area contributed by atoms with E-state index in [0.717, 1.165) is 15.6 Å². The van der Waals surface area contributed by atoms with Gasteiger partial charge >= 0.3 is 0 Å². The van der Waals surface area contributed by atoms with Gasteiger partial charge in [-0.1, -0.05) is 42.5 Å². The van der Waals surface area contributed by atoms with E-state index in [1.807, 2.05) is 30.5 Å². The van der Waals surface area contributed by atoms with Gasteiger partial charge in [-0.05, 0) is 43.9 Å². The number of fused-ring (bicyclic) bond motifs is 1. The van der Waals surface area contributed by atoms with Crippen molar-refractivity contribution in [2.24, 2.45) is 5.73 Å². The van der Waals surface area contributed by atoms with Gasteiger partial charge < -0.3 is 5.73 Å². The zero-order valence-electron chi connectivity index (χ0n) is 10.3. The van der Waals surface area contributed by atoms with Crippen molar-refractivity contribution in [3.8, 4) is 0 Å². The summed E-state index contributed by atoms with van der Waals surface area (Å²) in [4.78, 5) is 4.18. The Morgan fingerprint density at radius 1 is 1.00 bits per heavy atom. The third-order valence-corrected chi connectivity index (χ3v) is 3.68. The molecular formula is C16H13BrN2. The maximum absolute atomic E-state index is 6.39. The van der Waals surface area contributed by atoms with Crippen LogP contribution in [0.25, 0.3) is 10.8 Å². The first-order chi connectivity index (χ1) is 9.25. The summed E-state index contributed by atoms with van der Waals surface area (Å²) in [5.74, 6) is 0. The van der Waals surface area contributed by atoms with Crippen LogP contribution in [0.3, 0.4) is 0 Å². The fraction of sp³-hybridized carbons (Fsp3) is 0.0625. The number of nitrogens with zero attached hydrogens (tertiary/aromatic N) is 1. The summed E-state index contributed by atoms with van der Waals surface area (Å²) < 4.78 is 0.945. The first kappa shape index (κ1) is 12.3. The minimum atomic E-state index is -0.170. The predicted octanol–water partition coefficient (Wildman–Crippen LogP) is 4.05. The van der Waals surface area contributed by atoms with E-state index in [4.69, 9.17) is 5.73 Å². The molecule has 2 nitrogen and oxygen atoms in total. The average molecular weight is 313 g/mol. The van der Waals surface area contributed by atoms with E-state index in [2.05, 4.69) is 45.2 Å². The Bertz CT molecular complexity index is 719. The van der Waals surface area contributed by atoms with Crippen molar-refractivity contribution in [3.05, 3.63) is 76.5 Å². The Hall–Kier alpha value is -1.71. The standard InChI is InChI=1S/C16H13BrN2/c17-13-8-12(9-19-10-13)16(18)15-7-3-5-11-4-1-2-6-14(11)15/h1-10,16H,18H2. The zero-order valence-corrected chi connectivity index (χ0v) is 11.8. The van der Waals surface area contributed by atoms with E-state index in [-0.39, 0.29) is 6.04 Å². The van der Waals surface area contributed by atoms with Crippen LogP contribution in [-0.2, 0) is 0 Å². The van der Waals surface area contributed by atoms with Crippen LogP contribution in [0, 0.1) is 0 Å². The summed E-state index contributed by atoms with van der Waals surface area (Å²) in [5.41, 5.74) is 8.52. The molecule has 3 heteroatoms. The van der Waals surface area contributed by atoms with Gasteiger partial charge in [0.25, 0.3) is 0 Å². The second kappa shape index (κ2) is 5.11. The van der Waals surface area contributed by atoms with Crippen LogP contribution < -0.4 is 5.73 Å². The maximum atomic E-state index is 6.39. The van der Waals surface area contributed by atoms with Gasteiger partial charge in [-0.15, -0.1) is 0 Å². The zero-order chi connectivity index (χ0) is 13.2. The van der Waals surface area contributed by atoms with Crippen molar-refractivity contribution >= 4 is 26.7 Å². The van der Waals surface area contributed by atoms with Crippen molar-refractivity contribution in [1.29, 1.82) is 0 Å². The summed E-state index contributed by atoms with van der Waals surface area (Å²) in [6, 6.07) is 16.4. The first-order valence-corrected chi connectivity index (χ1v) is 6.89. The molecule has 2 N–H and O–H groups in total. The molecule has 1 unspecified atom stereocenters. The highest BCUT2D eigenvalue weighted by Gasteiger charge is 2.12. The molecule has 3 rings (SSSR count). The van der Waals surface area contributed by atoms with Crippen LogP contribution in [0.5, 0.6) is 0 Å². The molecule has 0 saturated heterocycles. The summed E-state index contributed by atoms with van der Waals surface area (Å²) in [5, 5.41) is 2.40. The number of pyridine rings is 1. The highest BCUT2D eigenvalue weighted by molar-refractivity contribution is 9.10. The lowest BCUT2D eigenvalue weighted by Gasteiger charge is -2.15. The molecule has 0 saturated carbocycles. The van der Waals surface area contributed by atoms with E-state index in [1.165, 1.54) is 10.8 Å². The molecule has 3 aromatic rings. The molecule has 1 atom stereocenters. The number of benzene rings is 2. The summed E-state index contributed by atoms with van der Waals surface area (Å²) in [6.07, 6.45) is 3.58. The summed E-state index contributed by atoms with van der Waals surface area (Å²) in [7, 11) is 0. The fourth-order valence-corrected chi connectivity index (χ4v) is 2.68. The van der Waals surface area contributed by atoms with Gasteiger partial charge in [-0.3, -0.25) is 4.98 Å². The molecule has 2 aromatic carbocycles. The molecule has 0 aliphatic rings. The third-order valence-electron chi connectivity index (χ3n) is 3.24. The number of aromatic nitrogens is 1. The lowest BCUT2D eigenvalue weighted by atomic mass is 9.95. The number of rotatable bonds is 2. The fourth-order valence-electron chi connectivity index (χ4n) is 2.30. The van der Waals surface area contributed by atoms with Crippen molar-refractivity contribution in [3.63, 3.8) is 0 Å². The van der Waals surface area contributed by atoms with Gasteiger partial charge in [0.05, 0.1) is 6.04 Å². The van der Waals surface area contributed by atoms with Crippen molar-refractivity contribution < 1.29 is 0 Å². The highest BCUT2D eigenvalue weighted by Crippen LogP contribution is 2.27. The summed E-state index contributed by atoms with van der Waals surface area (Å²) in [6.45, 7) is 0. The SMILES string of the molecule is NC(c1cncc(Br)c1)c1cccc2ccccc12. The number of nitrogens with two attached hydrogens (primary N) is 1. The van der Waals surface area contributed by atoms with E-state index < -0.39 is 0 Å². The smallest absolute Gasteiger partial charge is 0.0573 e. The average Bonchev–Trinajstić information content (AvgIpc) is 2.46. The molecule has 0 amide bonds. The van der Waals surface area contributed by atoms with Gasteiger partial charge in [0.1, 0.15) is 0 Å². The molecule has 0 aliphatic carbocycles. The van der Waals surface area contributed by atoms with Crippen molar-refractivity contribution in [1.82, 2.24) is 4.98 Å². The monoisotopic (exact) mass is 312 g/mol. The largest absolute Gasteiger partial charge is 0.320 e. The van der Waals surface area contributed by atoms with E-state index in [1.54, 1.807) is 6.20 Å².